The molecule has 0 aliphatic carbocycles. The van der Waals surface area contributed by atoms with Crippen molar-refractivity contribution in [2.45, 2.75) is 6.18 Å². The molecule has 0 N–H and O–H groups in total. The van der Waals surface area contributed by atoms with Crippen molar-refractivity contribution in [1.82, 2.24) is 30.2 Å². The summed E-state index contributed by atoms with van der Waals surface area (Å²) in [5, 5.41) is 15.0. The van der Waals surface area contributed by atoms with Crippen molar-refractivity contribution in [3.8, 4) is 23.3 Å². The Kier molecular flexibility index (Phi) is 4.03. The van der Waals surface area contributed by atoms with Gasteiger partial charge in [-0.05, 0) is 46.8 Å². The second kappa shape index (κ2) is 6.52. The fourth-order valence-corrected chi connectivity index (χ4v) is 2.11. The molecule has 1 aromatic carbocycles. The summed E-state index contributed by atoms with van der Waals surface area (Å²) in [6.45, 7) is 0. The quantitative estimate of drug-likeness (QED) is 0.540. The number of tetrazole rings is 1. The second-order valence-corrected chi connectivity index (χ2v) is 5.26. The molecule has 136 valence electrons. The molecule has 0 aliphatic rings. The Hall–Kier alpha value is -3.76. The Labute approximate surface area is 149 Å². The Bertz CT molecular complexity index is 1060. The van der Waals surface area contributed by atoms with E-state index in [1.807, 2.05) is 0 Å². The third-order valence-electron chi connectivity index (χ3n) is 3.38. The van der Waals surface area contributed by atoms with Crippen LogP contribution < -0.4 is 9.47 Å². The van der Waals surface area contributed by atoms with E-state index in [1.165, 1.54) is 4.63 Å². The highest BCUT2D eigenvalue weighted by molar-refractivity contribution is 5.38. The first-order chi connectivity index (χ1) is 13.0. The van der Waals surface area contributed by atoms with Gasteiger partial charge in [0, 0.05) is 18.3 Å². The van der Waals surface area contributed by atoms with E-state index in [-0.39, 0.29) is 11.8 Å². The Morgan fingerprint density at radius 1 is 0.815 bits per heavy atom. The minimum absolute atomic E-state index is 0.0440. The number of rotatable bonds is 4. The third kappa shape index (κ3) is 3.76. The van der Waals surface area contributed by atoms with E-state index in [2.05, 4.69) is 25.6 Å². The summed E-state index contributed by atoms with van der Waals surface area (Å²) in [7, 11) is 0. The molecule has 0 unspecified atom stereocenters. The van der Waals surface area contributed by atoms with E-state index in [0.29, 0.717) is 23.3 Å². The van der Waals surface area contributed by atoms with Crippen LogP contribution >= 0.6 is 0 Å². The molecule has 0 aliphatic heterocycles. The normalized spacial score (nSPS) is 11.5. The van der Waals surface area contributed by atoms with Gasteiger partial charge in [-0.3, -0.25) is 0 Å². The van der Waals surface area contributed by atoms with Crippen LogP contribution in [0.4, 0.5) is 13.2 Å². The van der Waals surface area contributed by atoms with Gasteiger partial charge in [-0.25, -0.2) is 4.98 Å². The van der Waals surface area contributed by atoms with Crippen LogP contribution in [0.15, 0.2) is 54.7 Å². The van der Waals surface area contributed by atoms with E-state index in [0.717, 1.165) is 12.1 Å². The van der Waals surface area contributed by atoms with Gasteiger partial charge in [0.1, 0.15) is 11.5 Å². The van der Waals surface area contributed by atoms with Crippen molar-refractivity contribution in [1.29, 1.82) is 0 Å². The van der Waals surface area contributed by atoms with Crippen molar-refractivity contribution >= 4 is 5.65 Å². The van der Waals surface area contributed by atoms with E-state index in [9.17, 15) is 13.2 Å². The second-order valence-electron chi connectivity index (χ2n) is 5.26. The lowest BCUT2D eigenvalue weighted by atomic mass is 10.3. The van der Waals surface area contributed by atoms with Crippen LogP contribution in [0.2, 0.25) is 0 Å². The SMILES string of the molecule is FC(F)(F)c1ccc(Oc2ccc(Oc3ccc4nnnn4n3)cc2)nc1. The highest BCUT2D eigenvalue weighted by Gasteiger charge is 2.30. The monoisotopic (exact) mass is 374 g/mol. The molecule has 11 heteroatoms. The first-order valence-electron chi connectivity index (χ1n) is 7.52. The molecule has 4 rings (SSSR count). The molecule has 8 nitrogen and oxygen atoms in total. The molecular formula is C16H9F3N6O2. The molecular weight excluding hydrogens is 365 g/mol. The van der Waals surface area contributed by atoms with Crippen LogP contribution in [-0.4, -0.2) is 30.2 Å². The molecule has 27 heavy (non-hydrogen) atoms. The zero-order valence-electron chi connectivity index (χ0n) is 13.3. The number of hydrogen-bond donors (Lipinski definition) is 0. The van der Waals surface area contributed by atoms with Gasteiger partial charge in [0.15, 0.2) is 5.65 Å². The fraction of sp³-hybridized carbons (Fsp3) is 0.0625. The highest BCUT2D eigenvalue weighted by Crippen LogP contribution is 2.30. The van der Waals surface area contributed by atoms with Gasteiger partial charge in [-0.2, -0.15) is 13.2 Å². The Balaban J connectivity index is 1.44. The molecule has 3 heterocycles. The number of aromatic nitrogens is 6. The predicted octanol–water partition coefficient (Wildman–Crippen LogP) is 3.52. The van der Waals surface area contributed by atoms with Gasteiger partial charge in [-0.1, -0.05) is 0 Å². The number of hydrogen-bond acceptors (Lipinski definition) is 7. The minimum Gasteiger partial charge on any atom is -0.439 e. The van der Waals surface area contributed by atoms with Crippen molar-refractivity contribution in [3.05, 3.63) is 60.3 Å². The largest absolute Gasteiger partial charge is 0.439 e. The maximum absolute atomic E-state index is 12.5. The van der Waals surface area contributed by atoms with Crippen LogP contribution in [0.1, 0.15) is 5.56 Å². The van der Waals surface area contributed by atoms with Crippen molar-refractivity contribution in [2.75, 3.05) is 0 Å². The smallest absolute Gasteiger partial charge is 0.417 e. The molecule has 0 radical (unpaired) electrons. The van der Waals surface area contributed by atoms with Gasteiger partial charge in [0.25, 0.3) is 0 Å². The number of ether oxygens (including phenoxy) is 2. The number of nitrogens with zero attached hydrogens (tertiary/aromatic N) is 6. The maximum Gasteiger partial charge on any atom is 0.417 e. The predicted molar refractivity (Wildman–Crippen MR) is 84.4 cm³/mol. The molecule has 0 spiro atoms. The van der Waals surface area contributed by atoms with Crippen LogP contribution in [0.5, 0.6) is 23.3 Å². The zero-order valence-corrected chi connectivity index (χ0v) is 13.3. The van der Waals surface area contributed by atoms with Crippen molar-refractivity contribution in [3.63, 3.8) is 0 Å². The van der Waals surface area contributed by atoms with E-state index in [1.54, 1.807) is 36.4 Å². The zero-order chi connectivity index (χ0) is 18.9. The van der Waals surface area contributed by atoms with Crippen LogP contribution in [-0.2, 0) is 6.18 Å². The molecule has 0 bridgehead atoms. The van der Waals surface area contributed by atoms with Crippen LogP contribution in [0.25, 0.3) is 5.65 Å². The first kappa shape index (κ1) is 16.7. The third-order valence-corrected chi connectivity index (χ3v) is 3.38. The number of alkyl halides is 3. The van der Waals surface area contributed by atoms with Gasteiger partial charge >= 0.3 is 6.18 Å². The summed E-state index contributed by atoms with van der Waals surface area (Å²) in [4.78, 5) is 3.65. The van der Waals surface area contributed by atoms with Gasteiger partial charge in [-0.15, -0.1) is 14.8 Å². The van der Waals surface area contributed by atoms with Crippen LogP contribution in [0.3, 0.4) is 0 Å². The topological polar surface area (TPSA) is 87.3 Å². The summed E-state index contributed by atoms with van der Waals surface area (Å²) in [6, 6.07) is 11.7. The molecule has 0 saturated carbocycles. The number of halogens is 3. The number of fused-ring (bicyclic) bond motifs is 1. The number of benzene rings is 1. The lowest BCUT2D eigenvalue weighted by molar-refractivity contribution is -0.137. The molecule has 0 fully saturated rings. The fourth-order valence-electron chi connectivity index (χ4n) is 2.11. The summed E-state index contributed by atoms with van der Waals surface area (Å²) in [5.41, 5.74) is -0.360. The lowest BCUT2D eigenvalue weighted by Gasteiger charge is -2.09. The molecule has 3 aromatic heterocycles. The van der Waals surface area contributed by atoms with Crippen molar-refractivity contribution < 1.29 is 22.6 Å². The van der Waals surface area contributed by atoms with Gasteiger partial charge < -0.3 is 9.47 Å². The number of pyridine rings is 1. The van der Waals surface area contributed by atoms with Gasteiger partial charge in [0.2, 0.25) is 11.8 Å². The maximum atomic E-state index is 12.5. The van der Waals surface area contributed by atoms with Crippen LogP contribution in [0, 0.1) is 0 Å². The van der Waals surface area contributed by atoms with E-state index in [4.69, 9.17) is 9.47 Å². The summed E-state index contributed by atoms with van der Waals surface area (Å²) in [5.74, 6) is 1.19. The molecule has 0 saturated heterocycles. The van der Waals surface area contributed by atoms with Crippen molar-refractivity contribution in [2.24, 2.45) is 0 Å². The molecule has 0 atom stereocenters. The average molecular weight is 374 g/mol. The molecule has 4 aromatic rings. The first-order valence-corrected chi connectivity index (χ1v) is 7.52. The highest BCUT2D eigenvalue weighted by atomic mass is 19.4. The summed E-state index contributed by atoms with van der Waals surface area (Å²) < 4.78 is 49.8. The van der Waals surface area contributed by atoms with E-state index < -0.39 is 11.7 Å². The average Bonchev–Trinajstić information content (AvgIpc) is 3.11. The Morgan fingerprint density at radius 3 is 2.11 bits per heavy atom. The minimum atomic E-state index is -4.44. The Morgan fingerprint density at radius 2 is 1.48 bits per heavy atom. The lowest BCUT2D eigenvalue weighted by Crippen LogP contribution is -2.05. The van der Waals surface area contributed by atoms with Gasteiger partial charge in [0.05, 0.1) is 5.56 Å². The molecule has 0 amide bonds. The summed E-state index contributed by atoms with van der Waals surface area (Å²) >= 11 is 0. The van der Waals surface area contributed by atoms with E-state index >= 15 is 0 Å². The summed E-state index contributed by atoms with van der Waals surface area (Å²) in [6.07, 6.45) is -3.72. The standard InChI is InChI=1S/C16H9F3N6O2/c17-16(18,19)10-1-7-14(20-9-10)26-11-2-4-12(5-3-11)27-15-8-6-13-21-23-24-25(13)22-15/h1-9H.